The molecule has 0 radical (unpaired) electrons. The first kappa shape index (κ1) is 14.3. The van der Waals surface area contributed by atoms with Crippen LogP contribution in [-0.4, -0.2) is 21.9 Å². The van der Waals surface area contributed by atoms with Gasteiger partial charge in [-0.3, -0.25) is 4.79 Å². The van der Waals surface area contributed by atoms with Crippen LogP contribution in [0.4, 0.5) is 10.1 Å². The van der Waals surface area contributed by atoms with E-state index >= 15 is 0 Å². The van der Waals surface area contributed by atoms with Crippen LogP contribution in [0, 0.1) is 5.82 Å². The van der Waals surface area contributed by atoms with Crippen LogP contribution < -0.4 is 5.32 Å². The van der Waals surface area contributed by atoms with Gasteiger partial charge in [-0.15, -0.1) is 10.2 Å². The summed E-state index contributed by atoms with van der Waals surface area (Å²) in [6.45, 7) is 0. The molecule has 0 saturated carbocycles. The molecule has 112 valence electrons. The van der Waals surface area contributed by atoms with Crippen LogP contribution in [-0.2, 0) is 4.79 Å². The van der Waals surface area contributed by atoms with E-state index in [1.54, 1.807) is 12.1 Å². The highest BCUT2D eigenvalue weighted by Gasteiger charge is 2.12. The molecule has 0 aliphatic rings. The number of hydrogen-bond donors (Lipinski definition) is 1. The predicted octanol–water partition coefficient (Wildman–Crippen LogP) is 3.20. The number of anilines is 1. The smallest absolute Gasteiger partial charge is 0.284 e. The molecule has 6 nitrogen and oxygen atoms in total. The number of furan rings is 1. The molecular weight excluding hydrogens is 309 g/mol. The number of carbonyl (C=O) groups is 1. The van der Waals surface area contributed by atoms with Gasteiger partial charge in [0, 0.05) is 5.69 Å². The third-order valence-corrected chi connectivity index (χ3v) is 3.41. The molecule has 0 aliphatic carbocycles. The Morgan fingerprint density at radius 2 is 2.05 bits per heavy atom. The van der Waals surface area contributed by atoms with E-state index in [1.165, 1.54) is 30.5 Å². The van der Waals surface area contributed by atoms with Crippen molar-refractivity contribution in [3.8, 4) is 11.7 Å². The van der Waals surface area contributed by atoms with Crippen molar-refractivity contribution in [1.29, 1.82) is 0 Å². The molecule has 3 aromatic rings. The molecule has 1 amide bonds. The van der Waals surface area contributed by atoms with Gasteiger partial charge in [0.05, 0.1) is 12.0 Å². The van der Waals surface area contributed by atoms with E-state index in [2.05, 4.69) is 15.5 Å². The van der Waals surface area contributed by atoms with Crippen LogP contribution in [0.1, 0.15) is 0 Å². The lowest BCUT2D eigenvalue weighted by Crippen LogP contribution is -2.13. The van der Waals surface area contributed by atoms with Gasteiger partial charge in [-0.25, -0.2) is 4.39 Å². The number of benzene rings is 1. The van der Waals surface area contributed by atoms with Crippen LogP contribution in [0.15, 0.2) is 56.7 Å². The molecule has 0 bridgehead atoms. The molecule has 0 unspecified atom stereocenters. The Labute approximate surface area is 128 Å². The van der Waals surface area contributed by atoms with Crippen molar-refractivity contribution in [3.63, 3.8) is 0 Å². The number of nitrogens with zero attached hydrogens (tertiary/aromatic N) is 2. The quantitative estimate of drug-likeness (QED) is 0.727. The zero-order valence-corrected chi connectivity index (χ0v) is 12.0. The van der Waals surface area contributed by atoms with Crippen molar-refractivity contribution >= 4 is 23.4 Å². The Balaban J connectivity index is 1.54. The molecule has 3 rings (SSSR count). The molecule has 1 aromatic carbocycles. The van der Waals surface area contributed by atoms with Gasteiger partial charge >= 0.3 is 0 Å². The average Bonchev–Trinajstić information content (AvgIpc) is 3.18. The average molecular weight is 319 g/mol. The standard InChI is InChI=1S/C14H10FN3O3S/c15-9-3-5-10(6-4-9)16-12(19)8-22-14-18-17-13(21-14)11-2-1-7-20-11/h1-7H,8H2,(H,16,19). The summed E-state index contributed by atoms with van der Waals surface area (Å²) in [6, 6.07) is 8.93. The number of amides is 1. The van der Waals surface area contributed by atoms with E-state index in [1.807, 2.05) is 0 Å². The molecule has 2 heterocycles. The fourth-order valence-electron chi connectivity index (χ4n) is 1.63. The van der Waals surface area contributed by atoms with Gasteiger partial charge in [-0.1, -0.05) is 11.8 Å². The zero-order valence-electron chi connectivity index (χ0n) is 11.2. The van der Waals surface area contributed by atoms with E-state index in [-0.39, 0.29) is 28.6 Å². The minimum Gasteiger partial charge on any atom is -0.459 e. The first-order valence-corrected chi connectivity index (χ1v) is 7.25. The van der Waals surface area contributed by atoms with Crippen molar-refractivity contribution in [2.24, 2.45) is 0 Å². The third kappa shape index (κ3) is 3.53. The van der Waals surface area contributed by atoms with Gasteiger partial charge in [0.15, 0.2) is 5.76 Å². The van der Waals surface area contributed by atoms with Gasteiger partial charge in [0.1, 0.15) is 5.82 Å². The second-order valence-electron chi connectivity index (χ2n) is 4.19. The van der Waals surface area contributed by atoms with Crippen LogP contribution >= 0.6 is 11.8 Å². The van der Waals surface area contributed by atoms with Gasteiger partial charge in [0.2, 0.25) is 5.91 Å². The number of rotatable bonds is 5. The van der Waals surface area contributed by atoms with Crippen LogP contribution in [0.3, 0.4) is 0 Å². The Morgan fingerprint density at radius 1 is 1.23 bits per heavy atom. The minimum absolute atomic E-state index is 0.0944. The van der Waals surface area contributed by atoms with Crippen LogP contribution in [0.2, 0.25) is 0 Å². The molecule has 0 atom stereocenters. The summed E-state index contributed by atoms with van der Waals surface area (Å²) < 4.78 is 23.3. The number of halogens is 1. The lowest BCUT2D eigenvalue weighted by molar-refractivity contribution is -0.113. The van der Waals surface area contributed by atoms with Crippen molar-refractivity contribution in [1.82, 2.24) is 10.2 Å². The second-order valence-corrected chi connectivity index (χ2v) is 5.12. The summed E-state index contributed by atoms with van der Waals surface area (Å²) in [4.78, 5) is 11.8. The summed E-state index contributed by atoms with van der Waals surface area (Å²) in [5, 5.41) is 10.5. The maximum atomic E-state index is 12.8. The first-order chi connectivity index (χ1) is 10.7. The number of carbonyl (C=O) groups excluding carboxylic acids is 1. The fourth-order valence-corrected chi connectivity index (χ4v) is 2.19. The molecule has 0 saturated heterocycles. The van der Waals surface area contributed by atoms with Gasteiger partial charge in [0.25, 0.3) is 11.1 Å². The normalized spacial score (nSPS) is 10.6. The van der Waals surface area contributed by atoms with Crippen molar-refractivity contribution < 1.29 is 18.0 Å². The van der Waals surface area contributed by atoms with Gasteiger partial charge in [-0.05, 0) is 36.4 Å². The van der Waals surface area contributed by atoms with Crippen molar-refractivity contribution in [3.05, 3.63) is 48.5 Å². The highest BCUT2D eigenvalue weighted by Crippen LogP contribution is 2.23. The monoisotopic (exact) mass is 319 g/mol. The fraction of sp³-hybridized carbons (Fsp3) is 0.0714. The minimum atomic E-state index is -0.358. The van der Waals surface area contributed by atoms with Crippen LogP contribution in [0.5, 0.6) is 0 Å². The molecule has 2 aromatic heterocycles. The highest BCUT2D eigenvalue weighted by atomic mass is 32.2. The lowest BCUT2D eigenvalue weighted by atomic mass is 10.3. The second kappa shape index (κ2) is 6.44. The van der Waals surface area contributed by atoms with Gasteiger partial charge in [-0.2, -0.15) is 0 Å². The number of thioether (sulfide) groups is 1. The van der Waals surface area contributed by atoms with Gasteiger partial charge < -0.3 is 14.2 Å². The summed E-state index contributed by atoms with van der Waals surface area (Å²) in [5.41, 5.74) is 0.522. The molecule has 8 heteroatoms. The lowest BCUT2D eigenvalue weighted by Gasteiger charge is -2.03. The molecule has 0 aliphatic heterocycles. The summed E-state index contributed by atoms with van der Waals surface area (Å²) >= 11 is 1.10. The zero-order chi connectivity index (χ0) is 15.4. The van der Waals surface area contributed by atoms with E-state index in [0.717, 1.165) is 11.8 Å². The predicted molar refractivity (Wildman–Crippen MR) is 77.8 cm³/mol. The summed E-state index contributed by atoms with van der Waals surface area (Å²) in [7, 11) is 0. The Morgan fingerprint density at radius 3 is 2.77 bits per heavy atom. The molecule has 22 heavy (non-hydrogen) atoms. The largest absolute Gasteiger partial charge is 0.459 e. The third-order valence-electron chi connectivity index (χ3n) is 2.59. The first-order valence-electron chi connectivity index (χ1n) is 6.26. The maximum Gasteiger partial charge on any atom is 0.284 e. The Bertz CT molecular complexity index is 756. The van der Waals surface area contributed by atoms with Crippen LogP contribution in [0.25, 0.3) is 11.7 Å². The van der Waals surface area contributed by atoms with Crippen molar-refractivity contribution in [2.45, 2.75) is 5.22 Å². The highest BCUT2D eigenvalue weighted by molar-refractivity contribution is 7.99. The topological polar surface area (TPSA) is 81.2 Å². The Kier molecular flexibility index (Phi) is 4.19. The molecule has 0 fully saturated rings. The maximum absolute atomic E-state index is 12.8. The van der Waals surface area contributed by atoms with E-state index in [4.69, 9.17) is 8.83 Å². The molecule has 0 spiro atoms. The molecular formula is C14H10FN3O3S. The number of aromatic nitrogens is 2. The number of nitrogens with one attached hydrogen (secondary N) is 1. The van der Waals surface area contributed by atoms with E-state index in [9.17, 15) is 9.18 Å². The van der Waals surface area contributed by atoms with E-state index in [0.29, 0.717) is 11.4 Å². The SMILES string of the molecule is O=C(CSc1nnc(-c2ccco2)o1)Nc1ccc(F)cc1. The molecule has 1 N–H and O–H groups in total. The van der Waals surface area contributed by atoms with Crippen molar-refractivity contribution in [2.75, 3.05) is 11.1 Å². The van der Waals surface area contributed by atoms with E-state index < -0.39 is 0 Å². The summed E-state index contributed by atoms with van der Waals surface area (Å²) in [6.07, 6.45) is 1.50. The Hall–Kier alpha value is -2.61. The number of hydrogen-bond acceptors (Lipinski definition) is 6. The summed E-state index contributed by atoms with van der Waals surface area (Å²) in [5.74, 6) is 0.205.